The Morgan fingerprint density at radius 1 is 1.04 bits per heavy atom. The van der Waals surface area contributed by atoms with Gasteiger partial charge in [0.1, 0.15) is 11.5 Å². The van der Waals surface area contributed by atoms with Crippen molar-refractivity contribution in [3.8, 4) is 0 Å². The normalized spacial score (nSPS) is 26.4. The van der Waals surface area contributed by atoms with E-state index < -0.39 is 5.41 Å². The zero-order valence-electron chi connectivity index (χ0n) is 15.5. The van der Waals surface area contributed by atoms with Crippen molar-refractivity contribution in [3.05, 3.63) is 54.0 Å². The number of carbonyl (C=O) groups is 2. The fraction of sp³-hybridized carbons (Fsp3) is 0.429. The van der Waals surface area contributed by atoms with Gasteiger partial charge >= 0.3 is 0 Å². The predicted octanol–water partition coefficient (Wildman–Crippen LogP) is 3.25. The number of amides is 2. The highest BCUT2D eigenvalue weighted by molar-refractivity contribution is 5.96. The Labute approximate surface area is 158 Å². The van der Waals surface area contributed by atoms with Crippen LogP contribution in [0.3, 0.4) is 0 Å². The standard InChI is InChI=1S/C21H24N4O2/c1-15-6-4-8-17(23-15)24-19(27)20-9-5-10-21(14-20,12-11-20)25-18(26)16-7-2-3-13-22-16/h2-4,6-8,13H,5,9-12,14H2,1H3,(H,25,26)(H,23,24,27)/t20-,21?/m1/s1. The average molecular weight is 364 g/mol. The van der Waals surface area contributed by atoms with Crippen molar-refractivity contribution in [3.63, 3.8) is 0 Å². The fourth-order valence-corrected chi connectivity index (χ4v) is 4.64. The van der Waals surface area contributed by atoms with Gasteiger partial charge in [-0.3, -0.25) is 14.6 Å². The van der Waals surface area contributed by atoms with E-state index in [1.165, 1.54) is 0 Å². The summed E-state index contributed by atoms with van der Waals surface area (Å²) in [5.74, 6) is 0.457. The van der Waals surface area contributed by atoms with E-state index >= 15 is 0 Å². The van der Waals surface area contributed by atoms with Gasteiger partial charge in [0.05, 0.1) is 5.41 Å². The van der Waals surface area contributed by atoms with Crippen LogP contribution in [0.15, 0.2) is 42.6 Å². The van der Waals surface area contributed by atoms with Crippen molar-refractivity contribution in [1.29, 1.82) is 0 Å². The van der Waals surface area contributed by atoms with Gasteiger partial charge in [-0.2, -0.15) is 0 Å². The lowest BCUT2D eigenvalue weighted by molar-refractivity contribution is -0.126. The van der Waals surface area contributed by atoms with Gasteiger partial charge in [0.15, 0.2) is 0 Å². The third kappa shape index (κ3) is 3.44. The maximum atomic E-state index is 13.1. The zero-order chi connectivity index (χ0) is 18.9. The minimum atomic E-state index is -0.429. The number of aromatic nitrogens is 2. The molecule has 0 saturated heterocycles. The summed E-state index contributed by atoms with van der Waals surface area (Å²) in [6, 6.07) is 10.9. The Kier molecular flexibility index (Phi) is 4.42. The van der Waals surface area contributed by atoms with Crippen LogP contribution in [0.25, 0.3) is 0 Å². The molecular formula is C21H24N4O2. The molecule has 0 spiro atoms. The van der Waals surface area contributed by atoms with E-state index in [0.717, 1.165) is 37.8 Å². The van der Waals surface area contributed by atoms with Gasteiger partial charge in [0.2, 0.25) is 5.91 Å². The highest BCUT2D eigenvalue weighted by atomic mass is 16.2. The molecule has 0 aromatic carbocycles. The summed E-state index contributed by atoms with van der Waals surface area (Å²) in [6.07, 6.45) is 6.59. The first-order valence-corrected chi connectivity index (χ1v) is 9.49. The van der Waals surface area contributed by atoms with Gasteiger partial charge in [-0.15, -0.1) is 0 Å². The second-order valence-corrected chi connectivity index (χ2v) is 7.88. The Hall–Kier alpha value is -2.76. The molecule has 0 aliphatic heterocycles. The molecule has 2 N–H and O–H groups in total. The van der Waals surface area contributed by atoms with E-state index in [2.05, 4.69) is 20.6 Å². The van der Waals surface area contributed by atoms with E-state index in [9.17, 15) is 9.59 Å². The van der Waals surface area contributed by atoms with Crippen molar-refractivity contribution in [2.45, 2.75) is 51.0 Å². The monoisotopic (exact) mass is 364 g/mol. The minimum Gasteiger partial charge on any atom is -0.345 e. The molecule has 140 valence electrons. The molecular weight excluding hydrogens is 340 g/mol. The van der Waals surface area contributed by atoms with Crippen LogP contribution >= 0.6 is 0 Å². The lowest BCUT2D eigenvalue weighted by Crippen LogP contribution is -2.51. The Balaban J connectivity index is 1.49. The molecule has 2 saturated carbocycles. The summed E-state index contributed by atoms with van der Waals surface area (Å²) in [5, 5.41) is 6.19. The first-order valence-electron chi connectivity index (χ1n) is 9.49. The van der Waals surface area contributed by atoms with Crippen molar-refractivity contribution in [2.24, 2.45) is 5.41 Å². The molecule has 2 fully saturated rings. The fourth-order valence-electron chi connectivity index (χ4n) is 4.64. The summed E-state index contributed by atoms with van der Waals surface area (Å²) in [5.41, 5.74) is 0.548. The number of carbonyl (C=O) groups excluding carboxylic acids is 2. The molecule has 1 unspecified atom stereocenters. The molecule has 6 nitrogen and oxygen atoms in total. The highest BCUT2D eigenvalue weighted by Crippen LogP contribution is 2.54. The van der Waals surface area contributed by atoms with E-state index in [0.29, 0.717) is 17.9 Å². The van der Waals surface area contributed by atoms with Crippen molar-refractivity contribution in [1.82, 2.24) is 15.3 Å². The van der Waals surface area contributed by atoms with Gasteiger partial charge in [-0.05, 0) is 63.3 Å². The van der Waals surface area contributed by atoms with Crippen LogP contribution in [0.5, 0.6) is 0 Å². The van der Waals surface area contributed by atoms with Crippen LogP contribution in [-0.2, 0) is 4.79 Å². The molecule has 6 heteroatoms. The number of rotatable bonds is 4. The van der Waals surface area contributed by atoms with Gasteiger partial charge in [-0.25, -0.2) is 4.98 Å². The van der Waals surface area contributed by atoms with Crippen molar-refractivity contribution >= 4 is 17.6 Å². The molecule has 2 bridgehead atoms. The van der Waals surface area contributed by atoms with Crippen molar-refractivity contribution in [2.75, 3.05) is 5.32 Å². The number of hydrogen-bond acceptors (Lipinski definition) is 4. The van der Waals surface area contributed by atoms with E-state index in [4.69, 9.17) is 0 Å². The maximum Gasteiger partial charge on any atom is 0.270 e. The lowest BCUT2D eigenvalue weighted by atomic mass is 9.72. The molecule has 2 amide bonds. The molecule has 2 aliphatic carbocycles. The molecule has 2 aliphatic rings. The summed E-state index contributed by atoms with van der Waals surface area (Å²) < 4.78 is 0. The number of hydrogen-bond donors (Lipinski definition) is 2. The average Bonchev–Trinajstić information content (AvgIpc) is 2.93. The molecule has 27 heavy (non-hydrogen) atoms. The third-order valence-corrected chi connectivity index (χ3v) is 5.96. The number of nitrogens with one attached hydrogen (secondary N) is 2. The topological polar surface area (TPSA) is 84.0 Å². The number of aryl methyl sites for hydroxylation is 1. The molecule has 4 rings (SSSR count). The quantitative estimate of drug-likeness (QED) is 0.872. The predicted molar refractivity (Wildman–Crippen MR) is 102 cm³/mol. The minimum absolute atomic E-state index is 0.0225. The van der Waals surface area contributed by atoms with Crippen LogP contribution in [-0.4, -0.2) is 27.3 Å². The first-order chi connectivity index (χ1) is 13.0. The summed E-state index contributed by atoms with van der Waals surface area (Å²) >= 11 is 0. The molecule has 2 aromatic rings. The summed E-state index contributed by atoms with van der Waals surface area (Å²) in [6.45, 7) is 1.91. The summed E-state index contributed by atoms with van der Waals surface area (Å²) in [7, 11) is 0. The van der Waals surface area contributed by atoms with Gasteiger partial charge < -0.3 is 10.6 Å². The van der Waals surface area contributed by atoms with Crippen LogP contribution in [0.1, 0.15) is 54.7 Å². The van der Waals surface area contributed by atoms with E-state index in [1.807, 2.05) is 31.2 Å². The maximum absolute atomic E-state index is 13.1. The second-order valence-electron chi connectivity index (χ2n) is 7.88. The largest absolute Gasteiger partial charge is 0.345 e. The molecule has 0 radical (unpaired) electrons. The van der Waals surface area contributed by atoms with E-state index in [1.54, 1.807) is 18.3 Å². The summed E-state index contributed by atoms with van der Waals surface area (Å²) in [4.78, 5) is 34.2. The highest BCUT2D eigenvalue weighted by Gasteiger charge is 2.55. The number of anilines is 1. The Morgan fingerprint density at radius 2 is 1.93 bits per heavy atom. The van der Waals surface area contributed by atoms with E-state index in [-0.39, 0.29) is 17.4 Å². The third-order valence-electron chi connectivity index (χ3n) is 5.96. The van der Waals surface area contributed by atoms with Gasteiger partial charge in [0, 0.05) is 17.4 Å². The van der Waals surface area contributed by atoms with Crippen LogP contribution in [0.2, 0.25) is 0 Å². The van der Waals surface area contributed by atoms with Crippen LogP contribution in [0, 0.1) is 12.3 Å². The number of nitrogens with zero attached hydrogens (tertiary/aromatic N) is 2. The number of fused-ring (bicyclic) bond motifs is 2. The van der Waals surface area contributed by atoms with Gasteiger partial charge in [-0.1, -0.05) is 18.6 Å². The van der Waals surface area contributed by atoms with Crippen LogP contribution < -0.4 is 10.6 Å². The Bertz CT molecular complexity index is 869. The van der Waals surface area contributed by atoms with Gasteiger partial charge in [0.25, 0.3) is 5.91 Å². The molecule has 2 atom stereocenters. The second kappa shape index (κ2) is 6.76. The first kappa shape index (κ1) is 17.6. The van der Waals surface area contributed by atoms with Crippen molar-refractivity contribution < 1.29 is 9.59 Å². The number of pyridine rings is 2. The lowest BCUT2D eigenvalue weighted by Gasteiger charge is -2.39. The smallest absolute Gasteiger partial charge is 0.270 e. The SMILES string of the molecule is Cc1cccc(NC(=O)[C@]23CCCC(NC(=O)c4ccccn4)(CC2)C3)n1. The Morgan fingerprint density at radius 3 is 2.70 bits per heavy atom. The molecule has 2 aromatic heterocycles. The molecule has 2 heterocycles. The zero-order valence-corrected chi connectivity index (χ0v) is 15.5. The van der Waals surface area contributed by atoms with Crippen LogP contribution in [0.4, 0.5) is 5.82 Å².